The fourth-order valence-electron chi connectivity index (χ4n) is 3.31. The maximum absolute atomic E-state index is 12.2. The predicted molar refractivity (Wildman–Crippen MR) is 97.7 cm³/mol. The first-order chi connectivity index (χ1) is 12.7. The third kappa shape index (κ3) is 4.49. The molecule has 136 valence electrons. The lowest BCUT2D eigenvalue weighted by molar-refractivity contribution is -0.125. The molecule has 1 aliphatic rings. The predicted octanol–water partition coefficient (Wildman–Crippen LogP) is 3.18. The number of carbonyl (C=O) groups is 2. The quantitative estimate of drug-likeness (QED) is 0.810. The molecule has 2 aromatic rings. The molecule has 3 rings (SSSR count). The number of fused-ring (bicyclic) bond motifs is 1. The molecular weight excluding hydrogens is 330 g/mol. The molecule has 26 heavy (non-hydrogen) atoms. The summed E-state index contributed by atoms with van der Waals surface area (Å²) in [5.74, 6) is -0.796. The summed E-state index contributed by atoms with van der Waals surface area (Å²) in [6.45, 7) is 0.134. The number of nitrogens with one attached hydrogen (secondary N) is 1. The first-order valence-corrected chi connectivity index (χ1v) is 8.79. The van der Waals surface area contributed by atoms with Crippen molar-refractivity contribution in [1.29, 1.82) is 0 Å². The van der Waals surface area contributed by atoms with Gasteiger partial charge in [-0.2, -0.15) is 0 Å². The fourth-order valence-corrected chi connectivity index (χ4v) is 3.31. The second-order valence-corrected chi connectivity index (χ2v) is 6.42. The van der Waals surface area contributed by atoms with Gasteiger partial charge in [0.1, 0.15) is 0 Å². The highest BCUT2D eigenvalue weighted by atomic mass is 16.5. The fraction of sp³-hybridized carbons (Fsp3) is 0.333. The van der Waals surface area contributed by atoms with Crippen LogP contribution in [-0.2, 0) is 27.3 Å². The molecule has 0 saturated heterocycles. The van der Waals surface area contributed by atoms with E-state index in [9.17, 15) is 9.59 Å². The van der Waals surface area contributed by atoms with Crippen LogP contribution in [0, 0.1) is 0 Å². The lowest BCUT2D eigenvalue weighted by Crippen LogP contribution is -2.34. The van der Waals surface area contributed by atoms with Gasteiger partial charge in [0.15, 0.2) is 6.61 Å². The van der Waals surface area contributed by atoms with Crippen molar-refractivity contribution >= 4 is 11.9 Å². The van der Waals surface area contributed by atoms with Crippen LogP contribution in [0.1, 0.15) is 45.9 Å². The molecule has 0 saturated carbocycles. The Labute approximate surface area is 153 Å². The SMILES string of the molecule is COCc1cccc(C(=O)OCC(=O)N[C@H]2CCCc3ccccc32)c1. The molecule has 0 heterocycles. The van der Waals surface area contributed by atoms with Crippen LogP contribution in [0.25, 0.3) is 0 Å². The second-order valence-electron chi connectivity index (χ2n) is 6.42. The first kappa shape index (κ1) is 18.1. The molecule has 1 amide bonds. The third-order valence-electron chi connectivity index (χ3n) is 4.51. The number of carbonyl (C=O) groups excluding carboxylic acids is 2. The van der Waals surface area contributed by atoms with Gasteiger partial charge in [-0.05, 0) is 48.1 Å². The zero-order valence-electron chi connectivity index (χ0n) is 14.9. The Bertz CT molecular complexity index is 787. The van der Waals surface area contributed by atoms with Crippen molar-refractivity contribution in [2.24, 2.45) is 0 Å². The average Bonchev–Trinajstić information content (AvgIpc) is 2.67. The van der Waals surface area contributed by atoms with Crippen molar-refractivity contribution in [2.45, 2.75) is 31.9 Å². The van der Waals surface area contributed by atoms with Crippen LogP contribution >= 0.6 is 0 Å². The van der Waals surface area contributed by atoms with E-state index in [4.69, 9.17) is 9.47 Å². The summed E-state index contributed by atoms with van der Waals surface area (Å²) in [5.41, 5.74) is 3.72. The van der Waals surface area contributed by atoms with Gasteiger partial charge >= 0.3 is 5.97 Å². The highest BCUT2D eigenvalue weighted by molar-refractivity contribution is 5.91. The van der Waals surface area contributed by atoms with Gasteiger partial charge in [-0.1, -0.05) is 36.4 Å². The number of aryl methyl sites for hydroxylation is 1. The standard InChI is InChI=1S/C21H23NO4/c1-25-13-15-6-4-9-17(12-15)21(24)26-14-20(23)22-19-11-5-8-16-7-2-3-10-18(16)19/h2-4,6-7,9-10,12,19H,5,8,11,13-14H2,1H3,(H,22,23)/t19-/m0/s1. The summed E-state index contributed by atoms with van der Waals surface area (Å²) >= 11 is 0. The van der Waals surface area contributed by atoms with E-state index in [2.05, 4.69) is 11.4 Å². The van der Waals surface area contributed by atoms with E-state index in [0.717, 1.165) is 30.4 Å². The first-order valence-electron chi connectivity index (χ1n) is 8.79. The number of rotatable bonds is 6. The summed E-state index contributed by atoms with van der Waals surface area (Å²) < 4.78 is 10.2. The lowest BCUT2D eigenvalue weighted by atomic mass is 9.88. The van der Waals surface area contributed by atoms with E-state index >= 15 is 0 Å². The van der Waals surface area contributed by atoms with Crippen LogP contribution in [0.2, 0.25) is 0 Å². The monoisotopic (exact) mass is 353 g/mol. The normalized spacial score (nSPS) is 15.8. The third-order valence-corrected chi connectivity index (χ3v) is 4.51. The van der Waals surface area contributed by atoms with E-state index in [1.165, 1.54) is 5.56 Å². The van der Waals surface area contributed by atoms with Crippen molar-refractivity contribution < 1.29 is 19.1 Å². The van der Waals surface area contributed by atoms with Gasteiger partial charge in [0.2, 0.25) is 0 Å². The number of hydrogen-bond acceptors (Lipinski definition) is 4. The van der Waals surface area contributed by atoms with E-state index < -0.39 is 5.97 Å². The maximum Gasteiger partial charge on any atom is 0.338 e. The minimum atomic E-state index is -0.512. The molecular formula is C21H23NO4. The van der Waals surface area contributed by atoms with Gasteiger partial charge < -0.3 is 14.8 Å². The number of hydrogen-bond donors (Lipinski definition) is 1. The summed E-state index contributed by atoms with van der Waals surface area (Å²) in [6, 6.07) is 15.1. The van der Waals surface area contributed by atoms with Crippen LogP contribution in [0.3, 0.4) is 0 Å². The van der Waals surface area contributed by atoms with Crippen LogP contribution in [0.4, 0.5) is 0 Å². The topological polar surface area (TPSA) is 64.6 Å². The Morgan fingerprint density at radius 1 is 1.15 bits per heavy atom. The zero-order chi connectivity index (χ0) is 18.4. The number of benzene rings is 2. The molecule has 0 unspecified atom stereocenters. The highest BCUT2D eigenvalue weighted by Crippen LogP contribution is 2.29. The number of ether oxygens (including phenoxy) is 2. The molecule has 0 bridgehead atoms. The minimum Gasteiger partial charge on any atom is -0.452 e. The molecule has 1 N–H and O–H groups in total. The van der Waals surface area contributed by atoms with E-state index in [-0.39, 0.29) is 18.6 Å². The average molecular weight is 353 g/mol. The molecule has 0 fully saturated rings. The maximum atomic E-state index is 12.2. The number of amides is 1. The summed E-state index contributed by atoms with van der Waals surface area (Å²) in [7, 11) is 1.60. The molecule has 1 atom stereocenters. The van der Waals surface area contributed by atoms with Crippen LogP contribution < -0.4 is 5.32 Å². The smallest absolute Gasteiger partial charge is 0.338 e. The molecule has 0 spiro atoms. The van der Waals surface area contributed by atoms with Crippen LogP contribution in [0.5, 0.6) is 0 Å². The van der Waals surface area contributed by atoms with E-state index in [1.54, 1.807) is 25.3 Å². The molecule has 2 aromatic carbocycles. The van der Waals surface area contributed by atoms with Crippen molar-refractivity contribution in [3.8, 4) is 0 Å². The number of esters is 1. The van der Waals surface area contributed by atoms with E-state index in [1.807, 2.05) is 24.3 Å². The molecule has 1 aliphatic carbocycles. The van der Waals surface area contributed by atoms with Gasteiger partial charge in [0.25, 0.3) is 5.91 Å². The van der Waals surface area contributed by atoms with Crippen molar-refractivity contribution in [3.63, 3.8) is 0 Å². The molecule has 0 aliphatic heterocycles. The van der Waals surface area contributed by atoms with Gasteiger partial charge in [0, 0.05) is 7.11 Å². The van der Waals surface area contributed by atoms with Crippen molar-refractivity contribution in [1.82, 2.24) is 5.32 Å². The summed E-state index contributed by atoms with van der Waals surface area (Å²) in [4.78, 5) is 24.4. The lowest BCUT2D eigenvalue weighted by Gasteiger charge is -2.26. The van der Waals surface area contributed by atoms with Gasteiger partial charge in [-0.15, -0.1) is 0 Å². The largest absolute Gasteiger partial charge is 0.452 e. The van der Waals surface area contributed by atoms with Crippen LogP contribution in [0.15, 0.2) is 48.5 Å². The highest BCUT2D eigenvalue weighted by Gasteiger charge is 2.21. The van der Waals surface area contributed by atoms with Crippen molar-refractivity contribution in [3.05, 3.63) is 70.8 Å². The molecule has 0 radical (unpaired) electrons. The summed E-state index contributed by atoms with van der Waals surface area (Å²) in [5, 5.41) is 2.98. The Morgan fingerprint density at radius 2 is 2.00 bits per heavy atom. The molecule has 5 nitrogen and oxygen atoms in total. The van der Waals surface area contributed by atoms with Gasteiger partial charge in [0.05, 0.1) is 18.2 Å². The second kappa shape index (κ2) is 8.63. The number of methoxy groups -OCH3 is 1. The van der Waals surface area contributed by atoms with Crippen molar-refractivity contribution in [2.75, 3.05) is 13.7 Å². The van der Waals surface area contributed by atoms with Gasteiger partial charge in [-0.3, -0.25) is 4.79 Å². The minimum absolute atomic E-state index is 0.0174. The van der Waals surface area contributed by atoms with E-state index in [0.29, 0.717) is 12.2 Å². The molecule has 0 aromatic heterocycles. The summed E-state index contributed by atoms with van der Waals surface area (Å²) in [6.07, 6.45) is 2.97. The Hall–Kier alpha value is -2.66. The molecule has 5 heteroatoms. The van der Waals surface area contributed by atoms with Gasteiger partial charge in [-0.25, -0.2) is 4.79 Å². The Balaban J connectivity index is 1.55. The van der Waals surface area contributed by atoms with Crippen LogP contribution in [-0.4, -0.2) is 25.6 Å². The Morgan fingerprint density at radius 3 is 2.85 bits per heavy atom. The zero-order valence-corrected chi connectivity index (χ0v) is 14.9. The Kier molecular flexibility index (Phi) is 6.02.